The lowest BCUT2D eigenvalue weighted by atomic mass is 10.1. The van der Waals surface area contributed by atoms with E-state index < -0.39 is 23.7 Å². The summed E-state index contributed by atoms with van der Waals surface area (Å²) >= 11 is 0. The van der Waals surface area contributed by atoms with Gasteiger partial charge in [-0.25, -0.2) is 8.78 Å². The molecular formula is C14H19F2NO3. The maximum atomic E-state index is 13.4. The second-order valence-corrected chi connectivity index (χ2v) is 4.59. The van der Waals surface area contributed by atoms with Gasteiger partial charge >= 0.3 is 5.97 Å². The molecule has 112 valence electrons. The summed E-state index contributed by atoms with van der Waals surface area (Å²) in [5.74, 6) is -2.04. The van der Waals surface area contributed by atoms with Crippen LogP contribution in [0.4, 0.5) is 8.78 Å². The lowest BCUT2D eigenvalue weighted by Crippen LogP contribution is -2.23. The molecule has 0 saturated carbocycles. The number of benzene rings is 1. The predicted octanol–water partition coefficient (Wildman–Crippen LogP) is 2.23. The maximum Gasteiger partial charge on any atom is 0.303 e. The van der Waals surface area contributed by atoms with Crippen LogP contribution >= 0.6 is 0 Å². The zero-order chi connectivity index (χ0) is 15.0. The number of halogens is 2. The zero-order valence-electron chi connectivity index (χ0n) is 11.1. The molecule has 0 heterocycles. The van der Waals surface area contributed by atoms with Crippen molar-refractivity contribution in [2.75, 3.05) is 13.1 Å². The van der Waals surface area contributed by atoms with Gasteiger partial charge in [0, 0.05) is 18.5 Å². The number of hydrogen-bond donors (Lipinski definition) is 3. The third-order valence-corrected chi connectivity index (χ3v) is 2.90. The number of unbranched alkanes of at least 4 members (excludes halogenated alkanes) is 2. The monoisotopic (exact) mass is 287 g/mol. The average Bonchev–Trinajstić information content (AvgIpc) is 2.39. The highest BCUT2D eigenvalue weighted by Gasteiger charge is 2.13. The Balaban J connectivity index is 2.21. The Labute approximate surface area is 116 Å². The van der Waals surface area contributed by atoms with Crippen LogP contribution in [0.5, 0.6) is 0 Å². The number of carboxylic acid groups (broad SMARTS) is 1. The van der Waals surface area contributed by atoms with Crippen molar-refractivity contribution in [1.29, 1.82) is 0 Å². The fourth-order valence-electron chi connectivity index (χ4n) is 1.82. The van der Waals surface area contributed by atoms with Crippen molar-refractivity contribution in [3.8, 4) is 0 Å². The molecule has 0 aliphatic carbocycles. The molecule has 0 amide bonds. The third kappa shape index (κ3) is 6.08. The molecule has 0 aliphatic rings. The van der Waals surface area contributed by atoms with E-state index in [-0.39, 0.29) is 18.5 Å². The Bertz CT molecular complexity index is 440. The number of aliphatic hydroxyl groups is 1. The van der Waals surface area contributed by atoms with Gasteiger partial charge in [-0.15, -0.1) is 0 Å². The molecule has 0 spiro atoms. The van der Waals surface area contributed by atoms with Crippen LogP contribution in [0.25, 0.3) is 0 Å². The van der Waals surface area contributed by atoms with Crippen LogP contribution in [0.2, 0.25) is 0 Å². The van der Waals surface area contributed by atoms with E-state index in [1.165, 1.54) is 0 Å². The van der Waals surface area contributed by atoms with Crippen molar-refractivity contribution in [3.63, 3.8) is 0 Å². The molecule has 1 rings (SSSR count). The standard InChI is InChI=1S/C14H19F2NO3/c15-10-5-6-12(16)11(8-10)13(18)9-17-7-3-1-2-4-14(19)20/h5-6,8,13,17-18H,1-4,7,9H2,(H,19,20). The van der Waals surface area contributed by atoms with Crippen molar-refractivity contribution in [3.05, 3.63) is 35.4 Å². The Hall–Kier alpha value is -1.53. The second kappa shape index (κ2) is 8.60. The minimum Gasteiger partial charge on any atom is -0.481 e. The molecule has 0 bridgehead atoms. The van der Waals surface area contributed by atoms with Gasteiger partial charge in [-0.2, -0.15) is 0 Å². The number of carboxylic acids is 1. The van der Waals surface area contributed by atoms with Crippen molar-refractivity contribution in [2.24, 2.45) is 0 Å². The Morgan fingerprint density at radius 2 is 2.00 bits per heavy atom. The summed E-state index contributed by atoms with van der Waals surface area (Å²) in [7, 11) is 0. The summed E-state index contributed by atoms with van der Waals surface area (Å²) < 4.78 is 26.3. The van der Waals surface area contributed by atoms with Gasteiger partial charge < -0.3 is 15.5 Å². The van der Waals surface area contributed by atoms with Gasteiger partial charge in [0.1, 0.15) is 11.6 Å². The minimum atomic E-state index is -1.11. The number of nitrogens with one attached hydrogen (secondary N) is 1. The van der Waals surface area contributed by atoms with E-state index in [0.717, 1.165) is 31.0 Å². The van der Waals surface area contributed by atoms with Gasteiger partial charge in [0.25, 0.3) is 0 Å². The molecule has 0 aliphatic heterocycles. The molecule has 3 N–H and O–H groups in total. The van der Waals surface area contributed by atoms with E-state index >= 15 is 0 Å². The molecule has 0 fully saturated rings. The molecule has 0 aromatic heterocycles. The smallest absolute Gasteiger partial charge is 0.303 e. The van der Waals surface area contributed by atoms with Crippen LogP contribution in [0.1, 0.15) is 37.4 Å². The molecule has 20 heavy (non-hydrogen) atoms. The number of aliphatic hydroxyl groups excluding tert-OH is 1. The van der Waals surface area contributed by atoms with E-state index in [2.05, 4.69) is 5.32 Å². The molecule has 0 radical (unpaired) electrons. The largest absolute Gasteiger partial charge is 0.481 e. The van der Waals surface area contributed by atoms with Gasteiger partial charge in [0.05, 0.1) is 6.10 Å². The highest BCUT2D eigenvalue weighted by molar-refractivity contribution is 5.66. The lowest BCUT2D eigenvalue weighted by Gasteiger charge is -2.13. The highest BCUT2D eigenvalue weighted by atomic mass is 19.1. The first kappa shape index (κ1) is 16.5. The first-order valence-electron chi connectivity index (χ1n) is 6.56. The summed E-state index contributed by atoms with van der Waals surface area (Å²) in [6.07, 6.45) is 1.19. The average molecular weight is 287 g/mol. The van der Waals surface area contributed by atoms with Crippen LogP contribution in [-0.4, -0.2) is 29.3 Å². The van der Waals surface area contributed by atoms with Crippen molar-refractivity contribution < 1.29 is 23.8 Å². The fourth-order valence-corrected chi connectivity index (χ4v) is 1.82. The number of aliphatic carboxylic acids is 1. The van der Waals surface area contributed by atoms with Crippen LogP contribution in [-0.2, 0) is 4.79 Å². The molecule has 6 heteroatoms. The van der Waals surface area contributed by atoms with Gasteiger partial charge in [-0.05, 0) is 37.6 Å². The molecule has 1 atom stereocenters. The predicted molar refractivity (Wildman–Crippen MR) is 70.3 cm³/mol. The first-order chi connectivity index (χ1) is 9.50. The Morgan fingerprint density at radius 3 is 2.70 bits per heavy atom. The van der Waals surface area contributed by atoms with E-state index in [4.69, 9.17) is 5.11 Å². The normalized spacial score (nSPS) is 12.3. The van der Waals surface area contributed by atoms with E-state index in [1.807, 2.05) is 0 Å². The molecule has 4 nitrogen and oxygen atoms in total. The fraction of sp³-hybridized carbons (Fsp3) is 0.500. The van der Waals surface area contributed by atoms with Crippen molar-refractivity contribution >= 4 is 5.97 Å². The van der Waals surface area contributed by atoms with E-state index in [1.54, 1.807) is 0 Å². The molecular weight excluding hydrogens is 268 g/mol. The maximum absolute atomic E-state index is 13.4. The number of carbonyl (C=O) groups is 1. The quantitative estimate of drug-likeness (QED) is 0.609. The summed E-state index contributed by atoms with van der Waals surface area (Å²) in [5.41, 5.74) is -0.0663. The van der Waals surface area contributed by atoms with Crippen LogP contribution in [0, 0.1) is 11.6 Å². The van der Waals surface area contributed by atoms with Crippen LogP contribution in [0.15, 0.2) is 18.2 Å². The first-order valence-corrected chi connectivity index (χ1v) is 6.56. The van der Waals surface area contributed by atoms with Gasteiger partial charge in [0.15, 0.2) is 0 Å². The zero-order valence-corrected chi connectivity index (χ0v) is 11.1. The molecule has 0 saturated heterocycles. The van der Waals surface area contributed by atoms with Crippen LogP contribution < -0.4 is 5.32 Å². The molecule has 1 unspecified atom stereocenters. The molecule has 1 aromatic carbocycles. The van der Waals surface area contributed by atoms with E-state index in [9.17, 15) is 18.7 Å². The number of hydrogen-bond acceptors (Lipinski definition) is 3. The number of rotatable bonds is 9. The summed E-state index contributed by atoms with van der Waals surface area (Å²) in [5, 5.41) is 21.1. The van der Waals surface area contributed by atoms with Gasteiger partial charge in [0.2, 0.25) is 0 Å². The van der Waals surface area contributed by atoms with Crippen molar-refractivity contribution in [2.45, 2.75) is 31.8 Å². The van der Waals surface area contributed by atoms with E-state index in [0.29, 0.717) is 13.0 Å². The van der Waals surface area contributed by atoms with Gasteiger partial charge in [-0.1, -0.05) is 6.42 Å². The highest BCUT2D eigenvalue weighted by Crippen LogP contribution is 2.17. The van der Waals surface area contributed by atoms with Crippen molar-refractivity contribution in [1.82, 2.24) is 5.32 Å². The minimum absolute atomic E-state index is 0.0663. The van der Waals surface area contributed by atoms with Crippen LogP contribution in [0.3, 0.4) is 0 Å². The topological polar surface area (TPSA) is 69.6 Å². The summed E-state index contributed by atoms with van der Waals surface area (Å²) in [4.78, 5) is 10.3. The lowest BCUT2D eigenvalue weighted by molar-refractivity contribution is -0.137. The second-order valence-electron chi connectivity index (χ2n) is 4.59. The SMILES string of the molecule is O=C(O)CCCCCNCC(O)c1cc(F)ccc1F. The summed E-state index contributed by atoms with van der Waals surface area (Å²) in [6, 6.07) is 2.97. The molecule has 1 aromatic rings. The Morgan fingerprint density at radius 1 is 1.25 bits per heavy atom. The summed E-state index contributed by atoms with van der Waals surface area (Å²) in [6.45, 7) is 0.715. The van der Waals surface area contributed by atoms with Gasteiger partial charge in [-0.3, -0.25) is 4.79 Å². The Kier molecular flexibility index (Phi) is 7.11. The third-order valence-electron chi connectivity index (χ3n) is 2.90.